The van der Waals surface area contributed by atoms with Gasteiger partial charge in [0.25, 0.3) is 0 Å². The van der Waals surface area contributed by atoms with Gasteiger partial charge in [0, 0.05) is 11.7 Å². The van der Waals surface area contributed by atoms with Crippen LogP contribution in [0.25, 0.3) is 0 Å². The predicted molar refractivity (Wildman–Crippen MR) is 59.7 cm³/mol. The SMILES string of the molecule is Nc1ccc2c(c1)CCC2NC1COC1. The number of nitrogens with one attached hydrogen (secondary N) is 1. The van der Waals surface area contributed by atoms with E-state index in [1.807, 2.05) is 6.07 Å². The van der Waals surface area contributed by atoms with Crippen molar-refractivity contribution in [1.82, 2.24) is 5.32 Å². The number of aryl methyl sites for hydroxylation is 1. The number of hydrogen-bond donors (Lipinski definition) is 2. The third-order valence-electron chi connectivity index (χ3n) is 3.32. The maximum atomic E-state index is 5.77. The lowest BCUT2D eigenvalue weighted by Gasteiger charge is -2.30. The van der Waals surface area contributed by atoms with Crippen molar-refractivity contribution < 1.29 is 4.74 Å². The smallest absolute Gasteiger partial charge is 0.0643 e. The molecule has 3 N–H and O–H groups in total. The van der Waals surface area contributed by atoms with Gasteiger partial charge in [0.2, 0.25) is 0 Å². The van der Waals surface area contributed by atoms with Crippen LogP contribution in [-0.4, -0.2) is 19.3 Å². The number of hydrogen-bond acceptors (Lipinski definition) is 3. The van der Waals surface area contributed by atoms with Gasteiger partial charge in [0.1, 0.15) is 0 Å². The molecule has 0 saturated carbocycles. The lowest BCUT2D eigenvalue weighted by molar-refractivity contribution is -0.0100. The molecule has 0 spiro atoms. The van der Waals surface area contributed by atoms with Gasteiger partial charge in [-0.05, 0) is 36.1 Å². The summed E-state index contributed by atoms with van der Waals surface area (Å²) < 4.78 is 5.17. The van der Waals surface area contributed by atoms with E-state index in [1.54, 1.807) is 0 Å². The summed E-state index contributed by atoms with van der Waals surface area (Å²) in [4.78, 5) is 0. The molecule has 0 radical (unpaired) electrons. The van der Waals surface area contributed by atoms with Crippen molar-refractivity contribution in [2.75, 3.05) is 18.9 Å². The Hall–Kier alpha value is -1.06. The summed E-state index contributed by atoms with van der Waals surface area (Å²) in [6, 6.07) is 7.33. The van der Waals surface area contributed by atoms with Gasteiger partial charge in [-0.3, -0.25) is 0 Å². The van der Waals surface area contributed by atoms with Crippen molar-refractivity contribution in [3.8, 4) is 0 Å². The van der Waals surface area contributed by atoms with Crippen LogP contribution in [0.2, 0.25) is 0 Å². The molecule has 1 saturated heterocycles. The third kappa shape index (κ3) is 1.62. The van der Waals surface area contributed by atoms with Gasteiger partial charge in [0.15, 0.2) is 0 Å². The average Bonchev–Trinajstić information content (AvgIpc) is 2.54. The zero-order valence-corrected chi connectivity index (χ0v) is 8.70. The molecule has 15 heavy (non-hydrogen) atoms. The highest BCUT2D eigenvalue weighted by Gasteiger charge is 2.27. The summed E-state index contributed by atoms with van der Waals surface area (Å²) in [5.41, 5.74) is 9.49. The minimum absolute atomic E-state index is 0.509. The van der Waals surface area contributed by atoms with E-state index in [9.17, 15) is 0 Å². The average molecular weight is 204 g/mol. The Kier molecular flexibility index (Phi) is 2.15. The quantitative estimate of drug-likeness (QED) is 0.713. The van der Waals surface area contributed by atoms with Gasteiger partial charge < -0.3 is 15.8 Å². The van der Waals surface area contributed by atoms with Gasteiger partial charge in [-0.25, -0.2) is 0 Å². The molecular formula is C12H16N2O. The second-order valence-electron chi connectivity index (χ2n) is 4.45. The first-order chi connectivity index (χ1) is 7.33. The lowest BCUT2D eigenvalue weighted by Crippen LogP contribution is -2.46. The van der Waals surface area contributed by atoms with Crippen LogP contribution in [0.1, 0.15) is 23.6 Å². The largest absolute Gasteiger partial charge is 0.399 e. The molecule has 3 heteroatoms. The molecule has 1 aromatic carbocycles. The molecule has 1 aromatic rings. The van der Waals surface area contributed by atoms with Gasteiger partial charge >= 0.3 is 0 Å². The van der Waals surface area contributed by atoms with Gasteiger partial charge in [-0.15, -0.1) is 0 Å². The minimum atomic E-state index is 0.509. The number of nitrogens with two attached hydrogens (primary N) is 1. The van der Waals surface area contributed by atoms with Gasteiger partial charge in [0.05, 0.1) is 19.3 Å². The summed E-state index contributed by atoms with van der Waals surface area (Å²) in [5, 5.41) is 3.63. The summed E-state index contributed by atoms with van der Waals surface area (Å²) in [7, 11) is 0. The van der Waals surface area contributed by atoms with Crippen LogP contribution in [0.15, 0.2) is 18.2 Å². The molecule has 0 amide bonds. The number of anilines is 1. The molecule has 1 heterocycles. The summed E-state index contributed by atoms with van der Waals surface area (Å²) in [6.45, 7) is 1.72. The molecule has 1 fully saturated rings. The topological polar surface area (TPSA) is 47.3 Å². The first-order valence-electron chi connectivity index (χ1n) is 5.55. The Morgan fingerprint density at radius 1 is 1.33 bits per heavy atom. The summed E-state index contributed by atoms with van der Waals surface area (Å²) in [5.74, 6) is 0. The fourth-order valence-corrected chi connectivity index (χ4v) is 2.43. The molecule has 3 rings (SSSR count). The molecule has 1 unspecified atom stereocenters. The molecule has 80 valence electrons. The van der Waals surface area contributed by atoms with E-state index in [4.69, 9.17) is 10.5 Å². The first kappa shape index (κ1) is 9.19. The Morgan fingerprint density at radius 3 is 2.93 bits per heavy atom. The standard InChI is InChI=1S/C12H16N2O/c13-9-2-3-11-8(5-9)1-4-12(11)14-10-6-15-7-10/h2-3,5,10,12,14H,1,4,6-7,13H2. The van der Waals surface area contributed by atoms with Crippen LogP contribution in [0, 0.1) is 0 Å². The normalized spacial score (nSPS) is 24.9. The molecule has 3 nitrogen and oxygen atoms in total. The Balaban J connectivity index is 1.78. The van der Waals surface area contributed by atoms with Crippen LogP contribution in [0.5, 0.6) is 0 Å². The Bertz CT molecular complexity index is 374. The number of nitrogen functional groups attached to an aromatic ring is 1. The molecule has 0 bridgehead atoms. The Labute approximate surface area is 89.6 Å². The summed E-state index contributed by atoms with van der Waals surface area (Å²) >= 11 is 0. The van der Waals surface area contributed by atoms with Crippen molar-refractivity contribution >= 4 is 5.69 Å². The van der Waals surface area contributed by atoms with E-state index in [0.717, 1.165) is 25.3 Å². The van der Waals surface area contributed by atoms with Crippen LogP contribution in [0.3, 0.4) is 0 Å². The van der Waals surface area contributed by atoms with Crippen molar-refractivity contribution in [3.05, 3.63) is 29.3 Å². The third-order valence-corrected chi connectivity index (χ3v) is 3.32. The van der Waals surface area contributed by atoms with Crippen molar-refractivity contribution in [2.24, 2.45) is 0 Å². The first-order valence-corrected chi connectivity index (χ1v) is 5.55. The van der Waals surface area contributed by atoms with Crippen molar-refractivity contribution in [3.63, 3.8) is 0 Å². The number of benzene rings is 1. The fraction of sp³-hybridized carbons (Fsp3) is 0.500. The van der Waals surface area contributed by atoms with Gasteiger partial charge in [-0.2, -0.15) is 0 Å². The van der Waals surface area contributed by atoms with E-state index >= 15 is 0 Å². The fourth-order valence-electron chi connectivity index (χ4n) is 2.43. The highest BCUT2D eigenvalue weighted by atomic mass is 16.5. The number of ether oxygens (including phenoxy) is 1. The molecule has 1 aliphatic heterocycles. The zero-order chi connectivity index (χ0) is 10.3. The maximum Gasteiger partial charge on any atom is 0.0643 e. The van der Waals surface area contributed by atoms with E-state index in [1.165, 1.54) is 17.5 Å². The number of rotatable bonds is 2. The highest BCUT2D eigenvalue weighted by molar-refractivity contribution is 5.47. The Morgan fingerprint density at radius 2 is 2.20 bits per heavy atom. The van der Waals surface area contributed by atoms with Crippen molar-refractivity contribution in [1.29, 1.82) is 0 Å². The minimum Gasteiger partial charge on any atom is -0.399 e. The van der Waals surface area contributed by atoms with Crippen molar-refractivity contribution in [2.45, 2.75) is 24.9 Å². The number of fused-ring (bicyclic) bond motifs is 1. The zero-order valence-electron chi connectivity index (χ0n) is 8.70. The molecule has 1 aliphatic carbocycles. The van der Waals surface area contributed by atoms with E-state index < -0.39 is 0 Å². The van der Waals surface area contributed by atoms with Crippen LogP contribution in [0.4, 0.5) is 5.69 Å². The van der Waals surface area contributed by atoms with Crippen LogP contribution in [-0.2, 0) is 11.2 Å². The monoisotopic (exact) mass is 204 g/mol. The molecule has 0 aromatic heterocycles. The maximum absolute atomic E-state index is 5.77. The summed E-state index contributed by atoms with van der Waals surface area (Å²) in [6.07, 6.45) is 2.33. The molecule has 1 atom stereocenters. The van der Waals surface area contributed by atoms with Crippen LogP contribution < -0.4 is 11.1 Å². The van der Waals surface area contributed by atoms with Crippen LogP contribution >= 0.6 is 0 Å². The highest BCUT2D eigenvalue weighted by Crippen LogP contribution is 2.32. The molecular weight excluding hydrogens is 188 g/mol. The predicted octanol–water partition coefficient (Wildman–Crippen LogP) is 1.24. The second-order valence-corrected chi connectivity index (χ2v) is 4.45. The van der Waals surface area contributed by atoms with Gasteiger partial charge in [-0.1, -0.05) is 6.07 Å². The second kappa shape index (κ2) is 3.51. The lowest BCUT2D eigenvalue weighted by atomic mass is 10.1. The van der Waals surface area contributed by atoms with E-state index in [2.05, 4.69) is 17.4 Å². The van der Waals surface area contributed by atoms with E-state index in [-0.39, 0.29) is 0 Å². The van der Waals surface area contributed by atoms with E-state index in [0.29, 0.717) is 12.1 Å². The molecule has 2 aliphatic rings.